The molecule has 0 aromatic carbocycles. The minimum Gasteiger partial charge on any atom is -0.756 e. The van der Waals surface area contributed by atoms with E-state index in [1.807, 2.05) is 13.8 Å². The van der Waals surface area contributed by atoms with E-state index < -0.39 is 69.4 Å². The highest BCUT2D eigenvalue weighted by Gasteiger charge is 2.62. The van der Waals surface area contributed by atoms with Crippen molar-refractivity contribution in [3.05, 3.63) is 0 Å². The van der Waals surface area contributed by atoms with Gasteiger partial charge in [-0.3, -0.25) is 9.13 Å². The molecule has 14 atom stereocenters. The summed E-state index contributed by atoms with van der Waals surface area (Å²) in [5, 5.41) is 0. The van der Waals surface area contributed by atoms with E-state index >= 15 is 0 Å². The van der Waals surface area contributed by atoms with Crippen LogP contribution in [-0.2, 0) is 65.1 Å². The van der Waals surface area contributed by atoms with Gasteiger partial charge in [-0.25, -0.2) is 0 Å². The average molecular weight is 673 g/mol. The van der Waals surface area contributed by atoms with Gasteiger partial charge in [0.15, 0.2) is 0 Å². The van der Waals surface area contributed by atoms with Crippen LogP contribution in [0.2, 0.25) is 0 Å². The van der Waals surface area contributed by atoms with Crippen molar-refractivity contribution in [1.29, 1.82) is 0 Å². The first kappa shape index (κ1) is 33.8. The van der Waals surface area contributed by atoms with E-state index in [2.05, 4.69) is 0 Å². The first-order chi connectivity index (χ1) is 20.8. The van der Waals surface area contributed by atoms with Crippen molar-refractivity contribution in [2.45, 2.75) is 74.2 Å². The van der Waals surface area contributed by atoms with E-state index in [0.29, 0.717) is 6.61 Å². The molecule has 0 saturated carbocycles. The van der Waals surface area contributed by atoms with Crippen molar-refractivity contribution in [3.8, 4) is 0 Å². The Bertz CT molecular complexity index is 1140. The molecule has 8 unspecified atom stereocenters. The smallest absolute Gasteiger partial charge is 0.268 e. The molecule has 0 spiro atoms. The van der Waals surface area contributed by atoms with E-state index in [1.165, 1.54) is 14.2 Å². The summed E-state index contributed by atoms with van der Waals surface area (Å²) in [7, 11) is -7.00. The molecule has 18 heteroatoms. The van der Waals surface area contributed by atoms with Crippen LogP contribution in [0.15, 0.2) is 0 Å². The minimum atomic E-state index is -5.01. The maximum Gasteiger partial charge on any atom is 0.268 e. The number of phosphoric ester groups is 2. The molecule has 0 N–H and O–H groups in total. The Balaban J connectivity index is 1.14. The molecule has 6 heterocycles. The van der Waals surface area contributed by atoms with Gasteiger partial charge in [0.2, 0.25) is 0 Å². The largest absolute Gasteiger partial charge is 0.756 e. The summed E-state index contributed by atoms with van der Waals surface area (Å²) in [4.78, 5) is 26.5. The monoisotopic (exact) mass is 672 g/mol. The summed E-state index contributed by atoms with van der Waals surface area (Å²) in [5.41, 5.74) is -3.83. The van der Waals surface area contributed by atoms with Gasteiger partial charge in [0.05, 0.1) is 83.9 Å². The highest BCUT2D eigenvalue weighted by molar-refractivity contribution is 7.46. The molecule has 0 aliphatic carbocycles. The summed E-state index contributed by atoms with van der Waals surface area (Å²) < 4.78 is 94.6. The van der Waals surface area contributed by atoms with Crippen molar-refractivity contribution < 1.29 is 74.9 Å². The molecule has 0 aromatic heterocycles. The lowest BCUT2D eigenvalue weighted by Crippen LogP contribution is -2.56. The van der Waals surface area contributed by atoms with Crippen LogP contribution >= 0.6 is 15.6 Å². The van der Waals surface area contributed by atoms with Crippen LogP contribution in [0.3, 0.4) is 0 Å². The van der Waals surface area contributed by atoms with E-state index in [4.69, 9.17) is 56.0 Å². The second-order valence-electron chi connectivity index (χ2n) is 12.8. The maximum atomic E-state index is 13.3. The molecule has 254 valence electrons. The van der Waals surface area contributed by atoms with Gasteiger partial charge in [0, 0.05) is 32.0 Å². The van der Waals surface area contributed by atoms with Gasteiger partial charge in [0.1, 0.15) is 29.0 Å². The zero-order valence-electron chi connectivity index (χ0n) is 25.5. The number of hydrogen-bond acceptors (Lipinski definition) is 16. The molecule has 6 aliphatic heterocycles. The van der Waals surface area contributed by atoms with Gasteiger partial charge in [-0.15, -0.1) is 0 Å². The fourth-order valence-electron chi connectivity index (χ4n) is 7.77. The van der Waals surface area contributed by atoms with Gasteiger partial charge < -0.3 is 65.8 Å². The SMILES string of the molecule is COCC12COC[C@H](C(C)O1)[C@H]2OP(=O)([O-])OCC12COC[C@H](C(C)O1)[C@H]2OP(=O)([O-])OCC12COC[C@H](C(C)O1)[C@H]2OC. The van der Waals surface area contributed by atoms with Gasteiger partial charge in [-0.2, -0.15) is 0 Å². The first-order valence-electron chi connectivity index (χ1n) is 14.8. The molecular formula is C26H42O16P2-2. The number of phosphoric acid groups is 2. The van der Waals surface area contributed by atoms with Crippen LogP contribution in [0.25, 0.3) is 0 Å². The Morgan fingerprint density at radius 2 is 1.00 bits per heavy atom. The zero-order chi connectivity index (χ0) is 31.5. The number of fused-ring (bicyclic) bond motifs is 6. The Kier molecular flexibility index (Phi) is 9.53. The molecule has 0 aromatic rings. The lowest BCUT2D eigenvalue weighted by atomic mass is 9.87. The lowest BCUT2D eigenvalue weighted by molar-refractivity contribution is -0.258. The van der Waals surface area contributed by atoms with Crippen LogP contribution in [0.1, 0.15) is 20.8 Å². The Labute approximate surface area is 256 Å². The molecule has 6 fully saturated rings. The summed E-state index contributed by atoms with van der Waals surface area (Å²) in [6.45, 7) is 5.26. The molecule has 6 bridgehead atoms. The van der Waals surface area contributed by atoms with Gasteiger partial charge in [-0.05, 0) is 20.8 Å². The van der Waals surface area contributed by atoms with Gasteiger partial charge in [-0.1, -0.05) is 0 Å². The van der Waals surface area contributed by atoms with Crippen molar-refractivity contribution in [1.82, 2.24) is 0 Å². The number of rotatable bonds is 13. The highest BCUT2D eigenvalue weighted by atomic mass is 31.2. The van der Waals surface area contributed by atoms with E-state index in [1.54, 1.807) is 6.92 Å². The van der Waals surface area contributed by atoms with E-state index in [9.17, 15) is 18.9 Å². The van der Waals surface area contributed by atoms with Crippen LogP contribution in [0.4, 0.5) is 0 Å². The third kappa shape index (κ3) is 6.02. The summed E-state index contributed by atoms with van der Waals surface area (Å²) >= 11 is 0. The third-order valence-corrected chi connectivity index (χ3v) is 11.7. The lowest BCUT2D eigenvalue weighted by Gasteiger charge is -2.44. The van der Waals surface area contributed by atoms with Crippen LogP contribution in [0, 0.1) is 17.8 Å². The molecule has 6 aliphatic rings. The van der Waals surface area contributed by atoms with Crippen molar-refractivity contribution >= 4 is 15.6 Å². The number of hydrogen-bond donors (Lipinski definition) is 0. The summed E-state index contributed by atoms with van der Waals surface area (Å²) in [5.74, 6) is -1.00. The Morgan fingerprint density at radius 3 is 1.39 bits per heavy atom. The average Bonchev–Trinajstić information content (AvgIpc) is 3.26. The normalized spacial score (nSPS) is 49.1. The number of methoxy groups -OCH3 is 2. The fourth-order valence-corrected chi connectivity index (χ4v) is 9.90. The Hall–Kier alpha value is -0.100. The molecule has 0 amide bonds. The minimum absolute atomic E-state index is 0.0520. The second-order valence-corrected chi connectivity index (χ2v) is 15.5. The molecule has 44 heavy (non-hydrogen) atoms. The topological polar surface area (TPSA) is 191 Å². The maximum absolute atomic E-state index is 13.3. The van der Waals surface area contributed by atoms with Crippen molar-refractivity contribution in [2.24, 2.45) is 17.8 Å². The quantitative estimate of drug-likeness (QED) is 0.234. The van der Waals surface area contributed by atoms with Crippen molar-refractivity contribution in [2.75, 3.05) is 73.7 Å². The predicted octanol–water partition coefficient (Wildman–Crippen LogP) is -0.200. The molecular weight excluding hydrogens is 630 g/mol. The fraction of sp³-hybridized carbons (Fsp3) is 1.00. The van der Waals surface area contributed by atoms with Gasteiger partial charge in [0.25, 0.3) is 15.6 Å². The van der Waals surface area contributed by atoms with Crippen molar-refractivity contribution in [3.63, 3.8) is 0 Å². The molecule has 6 rings (SSSR count). The number of ether oxygens (including phenoxy) is 8. The standard InChI is InChI=1S/C26H44O16P2/c1-15-18-6-33-11-25(39-15,21(18)32-5)13-36-43(27,28)42-23-20-8-35-12-26(23,40-17(20)3)14-37-44(29,30)41-22-19-7-34-10-24(22,9-31-4)38-16(19)2/h15-23H,6-14H2,1-5H3,(H,27,28)(H,29,30)/p-2/t15?,16?,17?,18-,19-,20-,21-,22-,23-,24?,25?,26?/m1/s1. The molecule has 6 saturated heterocycles. The van der Waals surface area contributed by atoms with E-state index in [0.717, 1.165) is 0 Å². The van der Waals surface area contributed by atoms with E-state index in [-0.39, 0.29) is 70.3 Å². The predicted molar refractivity (Wildman–Crippen MR) is 142 cm³/mol. The van der Waals surface area contributed by atoms with Crippen LogP contribution in [0.5, 0.6) is 0 Å². The first-order valence-corrected chi connectivity index (χ1v) is 17.8. The van der Waals surface area contributed by atoms with Crippen LogP contribution in [-0.4, -0.2) is 127 Å². The summed E-state index contributed by atoms with van der Waals surface area (Å²) in [6, 6.07) is 0. The second kappa shape index (κ2) is 12.4. The summed E-state index contributed by atoms with van der Waals surface area (Å²) in [6.07, 6.45) is -3.60. The molecule has 0 radical (unpaired) electrons. The Morgan fingerprint density at radius 1 is 0.636 bits per heavy atom. The van der Waals surface area contributed by atoms with Gasteiger partial charge >= 0.3 is 0 Å². The van der Waals surface area contributed by atoms with Crippen LogP contribution < -0.4 is 9.79 Å². The molecule has 16 nitrogen and oxygen atoms in total. The third-order valence-electron chi connectivity index (χ3n) is 9.82. The zero-order valence-corrected chi connectivity index (χ0v) is 27.3. The highest BCUT2D eigenvalue weighted by Crippen LogP contribution is 2.55.